The number of fused-ring (bicyclic) bond motifs is 1. The molecule has 1 aliphatic carbocycles. The second kappa shape index (κ2) is 10.4. The summed E-state index contributed by atoms with van der Waals surface area (Å²) >= 11 is 0. The molecule has 4 rings (SSSR count). The predicted molar refractivity (Wildman–Crippen MR) is 144 cm³/mol. The molecule has 1 heterocycles. The lowest BCUT2D eigenvalue weighted by atomic mass is 9.78. The number of carbonyl (C=O) groups excluding carboxylic acids is 1. The number of carbonyl (C=O) groups is 2. The van der Waals surface area contributed by atoms with Gasteiger partial charge < -0.3 is 10.0 Å². The number of hydrogen-bond donors (Lipinski definition) is 1. The number of anilines is 1. The van der Waals surface area contributed by atoms with Crippen molar-refractivity contribution in [1.29, 1.82) is 0 Å². The Morgan fingerprint density at radius 3 is 2.51 bits per heavy atom. The van der Waals surface area contributed by atoms with Crippen LogP contribution in [0.5, 0.6) is 0 Å². The number of unbranched alkanes of at least 4 members (excludes halogenated alkanes) is 2. The first-order valence-corrected chi connectivity index (χ1v) is 13.3. The smallest absolute Gasteiger partial charge is 0.335 e. The number of carboxylic acids is 1. The van der Waals surface area contributed by atoms with E-state index in [2.05, 4.69) is 31.2 Å². The van der Waals surface area contributed by atoms with E-state index >= 15 is 0 Å². The average Bonchev–Trinajstić information content (AvgIpc) is 3.04. The second-order valence-electron chi connectivity index (χ2n) is 10.8. The molecular weight excluding hydrogens is 434 g/mol. The van der Waals surface area contributed by atoms with Crippen LogP contribution in [0.3, 0.4) is 0 Å². The highest BCUT2D eigenvalue weighted by atomic mass is 16.4. The van der Waals surface area contributed by atoms with Crippen molar-refractivity contribution in [1.82, 2.24) is 0 Å². The first kappa shape index (κ1) is 25.2. The van der Waals surface area contributed by atoms with Crippen LogP contribution in [0.2, 0.25) is 0 Å². The molecular formula is C31H39NO3. The Morgan fingerprint density at radius 2 is 1.86 bits per heavy atom. The van der Waals surface area contributed by atoms with Crippen molar-refractivity contribution in [3.8, 4) is 0 Å². The molecule has 4 nitrogen and oxygen atoms in total. The number of aryl methyl sites for hydroxylation is 1. The van der Waals surface area contributed by atoms with E-state index < -0.39 is 11.4 Å². The number of allylic oxidation sites excluding steroid dienone is 1. The van der Waals surface area contributed by atoms with Gasteiger partial charge >= 0.3 is 5.97 Å². The minimum Gasteiger partial charge on any atom is -0.478 e. The summed E-state index contributed by atoms with van der Waals surface area (Å²) in [5, 5.41) is 9.47. The fourth-order valence-corrected chi connectivity index (χ4v) is 5.89. The number of hydrogen-bond acceptors (Lipinski definition) is 2. The Morgan fingerprint density at radius 1 is 1.11 bits per heavy atom. The molecule has 0 bridgehead atoms. The topological polar surface area (TPSA) is 57.6 Å². The van der Waals surface area contributed by atoms with Crippen LogP contribution in [0.1, 0.15) is 105 Å². The van der Waals surface area contributed by atoms with Crippen LogP contribution in [0.15, 0.2) is 36.4 Å². The molecule has 35 heavy (non-hydrogen) atoms. The van der Waals surface area contributed by atoms with Crippen molar-refractivity contribution in [2.45, 2.75) is 84.5 Å². The van der Waals surface area contributed by atoms with Gasteiger partial charge in [-0.2, -0.15) is 0 Å². The zero-order valence-corrected chi connectivity index (χ0v) is 21.7. The lowest BCUT2D eigenvalue weighted by Crippen LogP contribution is -2.36. The maximum absolute atomic E-state index is 13.5. The normalized spacial score (nSPS) is 18.1. The molecule has 1 aliphatic heterocycles. The predicted octanol–water partition coefficient (Wildman–Crippen LogP) is 7.63. The minimum atomic E-state index is -0.896. The van der Waals surface area contributed by atoms with E-state index in [1.165, 1.54) is 24.8 Å². The van der Waals surface area contributed by atoms with Crippen molar-refractivity contribution in [2.75, 3.05) is 11.4 Å². The van der Waals surface area contributed by atoms with Crippen molar-refractivity contribution in [2.24, 2.45) is 5.92 Å². The van der Waals surface area contributed by atoms with E-state index in [-0.39, 0.29) is 5.91 Å². The van der Waals surface area contributed by atoms with E-state index in [9.17, 15) is 14.7 Å². The fourth-order valence-electron chi connectivity index (χ4n) is 5.89. The summed E-state index contributed by atoms with van der Waals surface area (Å²) < 4.78 is 0. The number of benzene rings is 2. The SMILES string of the molecule is CCCCCN1C(=O)C(C)(C)c2cccc(/C=C(/c3ccc(C(=O)O)cc3C)C3CCCCC3)c21. The molecule has 2 aromatic carbocycles. The third-order valence-electron chi connectivity index (χ3n) is 7.92. The van der Waals surface area contributed by atoms with Gasteiger partial charge in [-0.25, -0.2) is 4.79 Å². The highest BCUT2D eigenvalue weighted by Crippen LogP contribution is 2.46. The summed E-state index contributed by atoms with van der Waals surface area (Å²) in [5.41, 5.74) is 6.45. The van der Waals surface area contributed by atoms with E-state index in [1.54, 1.807) is 12.1 Å². The maximum atomic E-state index is 13.5. The third kappa shape index (κ3) is 4.94. The Hall–Kier alpha value is -2.88. The van der Waals surface area contributed by atoms with Gasteiger partial charge in [0.15, 0.2) is 0 Å². The van der Waals surface area contributed by atoms with Gasteiger partial charge in [-0.3, -0.25) is 4.79 Å². The van der Waals surface area contributed by atoms with Gasteiger partial charge in [0, 0.05) is 6.54 Å². The lowest BCUT2D eigenvalue weighted by Gasteiger charge is -2.27. The van der Waals surface area contributed by atoms with Crippen LogP contribution in [0, 0.1) is 12.8 Å². The van der Waals surface area contributed by atoms with Crippen LogP contribution in [-0.2, 0) is 10.2 Å². The molecule has 2 aromatic rings. The summed E-state index contributed by atoms with van der Waals surface area (Å²) in [4.78, 5) is 27.1. The molecule has 0 radical (unpaired) electrons. The minimum absolute atomic E-state index is 0.186. The van der Waals surface area contributed by atoms with Gasteiger partial charge in [-0.1, -0.05) is 63.3 Å². The van der Waals surface area contributed by atoms with Gasteiger partial charge in [0.1, 0.15) is 0 Å². The Kier molecular flexibility index (Phi) is 7.49. The van der Waals surface area contributed by atoms with E-state index in [1.807, 2.05) is 31.7 Å². The van der Waals surface area contributed by atoms with Gasteiger partial charge in [-0.05, 0) is 92.0 Å². The van der Waals surface area contributed by atoms with Gasteiger partial charge in [0.25, 0.3) is 0 Å². The Bertz CT molecular complexity index is 1140. The quantitative estimate of drug-likeness (QED) is 0.317. The standard InChI is InChI=1S/C31H39NO3/c1-5-6-10-18-32-28-23(14-11-15-27(28)31(3,4)30(32)35)20-26(22-12-8-7-9-13-22)25-17-16-24(29(33)34)19-21(25)2/h11,14-17,19-20,22H,5-10,12-13,18H2,1-4H3,(H,33,34)/b26-20+. The zero-order chi connectivity index (χ0) is 25.2. The van der Waals surface area contributed by atoms with Gasteiger partial charge in [0.05, 0.1) is 16.7 Å². The molecule has 0 saturated heterocycles. The molecule has 0 unspecified atom stereocenters. The van der Waals surface area contributed by atoms with E-state index in [0.29, 0.717) is 11.5 Å². The summed E-state index contributed by atoms with van der Waals surface area (Å²) in [6, 6.07) is 11.8. The molecule has 0 atom stereocenters. The molecule has 4 heteroatoms. The Balaban J connectivity index is 1.85. The molecule has 2 aliphatic rings. The maximum Gasteiger partial charge on any atom is 0.335 e. The largest absolute Gasteiger partial charge is 0.478 e. The number of amides is 1. The third-order valence-corrected chi connectivity index (χ3v) is 7.92. The molecule has 0 spiro atoms. The first-order valence-electron chi connectivity index (χ1n) is 13.3. The molecule has 186 valence electrons. The number of carboxylic acid groups (broad SMARTS) is 1. The highest BCUT2D eigenvalue weighted by molar-refractivity contribution is 6.10. The number of nitrogens with zero attached hydrogens (tertiary/aromatic N) is 1. The molecule has 1 fully saturated rings. The highest BCUT2D eigenvalue weighted by Gasteiger charge is 2.44. The van der Waals surface area contributed by atoms with Crippen molar-refractivity contribution < 1.29 is 14.7 Å². The van der Waals surface area contributed by atoms with Crippen LogP contribution in [-0.4, -0.2) is 23.5 Å². The summed E-state index contributed by atoms with van der Waals surface area (Å²) in [6.45, 7) is 9.03. The molecule has 1 N–H and O–H groups in total. The van der Waals surface area contributed by atoms with Crippen molar-refractivity contribution in [3.63, 3.8) is 0 Å². The fraction of sp³-hybridized carbons (Fsp3) is 0.484. The van der Waals surface area contributed by atoms with Crippen LogP contribution in [0.4, 0.5) is 5.69 Å². The Labute approximate surface area is 210 Å². The molecule has 0 aromatic heterocycles. The van der Waals surface area contributed by atoms with Crippen LogP contribution in [0.25, 0.3) is 11.6 Å². The second-order valence-corrected chi connectivity index (χ2v) is 10.8. The van der Waals surface area contributed by atoms with Gasteiger partial charge in [-0.15, -0.1) is 0 Å². The summed E-state index contributed by atoms with van der Waals surface area (Å²) in [5.74, 6) is -0.273. The van der Waals surface area contributed by atoms with Crippen molar-refractivity contribution >= 4 is 29.2 Å². The molecule has 1 amide bonds. The zero-order valence-electron chi connectivity index (χ0n) is 21.7. The summed E-state index contributed by atoms with van der Waals surface area (Å²) in [6.07, 6.45) is 11.5. The summed E-state index contributed by atoms with van der Waals surface area (Å²) in [7, 11) is 0. The number of para-hydroxylation sites is 1. The number of aromatic carboxylic acids is 1. The van der Waals surface area contributed by atoms with Gasteiger partial charge in [0.2, 0.25) is 5.91 Å². The van der Waals surface area contributed by atoms with Crippen LogP contribution >= 0.6 is 0 Å². The average molecular weight is 474 g/mol. The van der Waals surface area contributed by atoms with E-state index in [4.69, 9.17) is 0 Å². The van der Waals surface area contributed by atoms with Crippen LogP contribution < -0.4 is 4.90 Å². The first-order chi connectivity index (χ1) is 16.8. The van der Waals surface area contributed by atoms with E-state index in [0.717, 1.165) is 66.6 Å². The molecule has 1 saturated carbocycles. The number of rotatable bonds is 8. The lowest BCUT2D eigenvalue weighted by molar-refractivity contribution is -0.122. The van der Waals surface area contributed by atoms with Crippen molar-refractivity contribution in [3.05, 3.63) is 64.2 Å². The monoisotopic (exact) mass is 473 g/mol.